The molecule has 0 aromatic heterocycles. The third-order valence-corrected chi connectivity index (χ3v) is 5.69. The second-order valence-electron chi connectivity index (χ2n) is 12.3. The van der Waals surface area contributed by atoms with Crippen LogP contribution in [0, 0.1) is 16.7 Å². The van der Waals surface area contributed by atoms with Crippen molar-refractivity contribution in [3.05, 3.63) is 0 Å². The molecule has 0 bridgehead atoms. The molecule has 1 rings (SSSR count). The van der Waals surface area contributed by atoms with Crippen molar-refractivity contribution in [2.24, 2.45) is 22.5 Å². The number of rotatable bonds is 9. The molecule has 10 nitrogen and oxygen atoms in total. The quantitative estimate of drug-likeness (QED) is 0.328. The zero-order valence-corrected chi connectivity index (χ0v) is 22.0. The molecule has 0 aliphatic carbocycles. The van der Waals surface area contributed by atoms with Crippen LogP contribution in [0.2, 0.25) is 0 Å². The predicted molar refractivity (Wildman–Crippen MR) is 129 cm³/mol. The minimum absolute atomic E-state index is 0.0724. The van der Waals surface area contributed by atoms with Crippen molar-refractivity contribution in [2.75, 3.05) is 0 Å². The topological polar surface area (TPSA) is 159 Å². The molecule has 4 atom stereocenters. The number of hydrogen-bond acceptors (Lipinski definition) is 5. The second-order valence-corrected chi connectivity index (χ2v) is 12.3. The lowest BCUT2D eigenvalue weighted by Crippen LogP contribution is -2.59. The van der Waals surface area contributed by atoms with Gasteiger partial charge in [-0.2, -0.15) is 0 Å². The Balaban J connectivity index is 3.07. The van der Waals surface area contributed by atoms with Gasteiger partial charge in [-0.25, -0.2) is 0 Å². The van der Waals surface area contributed by atoms with Gasteiger partial charge in [0.15, 0.2) is 0 Å². The molecule has 0 aromatic carbocycles. The summed E-state index contributed by atoms with van der Waals surface area (Å²) in [7, 11) is 0. The molecule has 1 fully saturated rings. The summed E-state index contributed by atoms with van der Waals surface area (Å²) in [6.45, 7) is 16.3. The van der Waals surface area contributed by atoms with E-state index in [1.807, 2.05) is 55.4 Å². The van der Waals surface area contributed by atoms with Crippen LogP contribution >= 0.6 is 0 Å². The maximum atomic E-state index is 13.2. The van der Waals surface area contributed by atoms with Gasteiger partial charge >= 0.3 is 0 Å². The summed E-state index contributed by atoms with van der Waals surface area (Å²) in [5.74, 6) is -2.84. The number of amides is 5. The first-order chi connectivity index (χ1) is 15.2. The normalized spacial score (nSPS) is 20.5. The summed E-state index contributed by atoms with van der Waals surface area (Å²) >= 11 is 0. The molecule has 0 aromatic rings. The Bertz CT molecular complexity index is 810. The highest BCUT2D eigenvalue weighted by molar-refractivity contribution is 5.94. The highest BCUT2D eigenvalue weighted by Crippen LogP contribution is 2.28. The van der Waals surface area contributed by atoms with Gasteiger partial charge in [-0.05, 0) is 43.9 Å². The molecule has 34 heavy (non-hydrogen) atoms. The first kappa shape index (κ1) is 29.4. The SMILES string of the molecule is CC(=O)N[C@H](C(=O)N[C@@H](CC(C)(C)C)C(=O)N[C@@H](C[C@@H]1CC(C)(C)NC1=O)C(N)=O)C(C)(C)C. The Morgan fingerprint density at radius 1 is 1.00 bits per heavy atom. The van der Waals surface area contributed by atoms with E-state index in [1.54, 1.807) is 0 Å². The lowest BCUT2D eigenvalue weighted by atomic mass is 9.84. The van der Waals surface area contributed by atoms with E-state index in [1.165, 1.54) is 6.92 Å². The van der Waals surface area contributed by atoms with E-state index in [2.05, 4.69) is 21.3 Å². The molecule has 5 amide bonds. The van der Waals surface area contributed by atoms with Crippen LogP contribution in [-0.2, 0) is 24.0 Å². The smallest absolute Gasteiger partial charge is 0.243 e. The van der Waals surface area contributed by atoms with E-state index < -0.39 is 52.7 Å². The molecule has 0 saturated carbocycles. The van der Waals surface area contributed by atoms with Crippen LogP contribution < -0.4 is 27.0 Å². The van der Waals surface area contributed by atoms with Crippen molar-refractivity contribution >= 4 is 29.5 Å². The fraction of sp³-hybridized carbons (Fsp3) is 0.792. The standard InChI is InChI=1S/C24H43N5O5/c1-13(30)26-17(23(5,6)7)21(34)28-16(12-22(2,3)4)20(33)27-15(18(25)31)10-14-11-24(8,9)29-19(14)32/h14-17H,10-12H2,1-9H3,(H2,25,31)(H,26,30)(H,27,33)(H,28,34)(H,29,32)/t14-,15+,16+,17-/m1/s1. The first-order valence-corrected chi connectivity index (χ1v) is 11.7. The van der Waals surface area contributed by atoms with Crippen LogP contribution in [0.4, 0.5) is 0 Å². The third-order valence-electron chi connectivity index (χ3n) is 5.69. The Morgan fingerprint density at radius 3 is 1.91 bits per heavy atom. The number of primary amides is 1. The number of nitrogens with two attached hydrogens (primary N) is 1. The third kappa shape index (κ3) is 9.30. The molecule has 10 heteroatoms. The zero-order valence-electron chi connectivity index (χ0n) is 22.0. The van der Waals surface area contributed by atoms with Crippen molar-refractivity contribution < 1.29 is 24.0 Å². The fourth-order valence-corrected chi connectivity index (χ4v) is 4.14. The summed E-state index contributed by atoms with van der Waals surface area (Å²) in [4.78, 5) is 62.4. The summed E-state index contributed by atoms with van der Waals surface area (Å²) in [5.41, 5.74) is 4.21. The van der Waals surface area contributed by atoms with Gasteiger partial charge in [0, 0.05) is 18.4 Å². The highest BCUT2D eigenvalue weighted by Gasteiger charge is 2.40. The minimum atomic E-state index is -1.06. The molecule has 1 aliphatic heterocycles. The first-order valence-electron chi connectivity index (χ1n) is 11.7. The van der Waals surface area contributed by atoms with Gasteiger partial charge in [0.25, 0.3) is 0 Å². The molecule has 0 spiro atoms. The minimum Gasteiger partial charge on any atom is -0.368 e. The molecule has 1 aliphatic rings. The van der Waals surface area contributed by atoms with Crippen LogP contribution in [0.25, 0.3) is 0 Å². The summed E-state index contributed by atoms with van der Waals surface area (Å²) in [6.07, 6.45) is 0.866. The van der Waals surface area contributed by atoms with Gasteiger partial charge in [-0.3, -0.25) is 24.0 Å². The molecular formula is C24H43N5O5. The lowest BCUT2D eigenvalue weighted by Gasteiger charge is -2.33. The maximum absolute atomic E-state index is 13.2. The Hall–Kier alpha value is -2.65. The van der Waals surface area contributed by atoms with Crippen molar-refractivity contribution in [3.8, 4) is 0 Å². The Labute approximate surface area is 202 Å². The van der Waals surface area contributed by atoms with Gasteiger partial charge in [0.1, 0.15) is 18.1 Å². The van der Waals surface area contributed by atoms with E-state index in [9.17, 15) is 24.0 Å². The van der Waals surface area contributed by atoms with E-state index in [4.69, 9.17) is 5.73 Å². The molecule has 0 radical (unpaired) electrons. The van der Waals surface area contributed by atoms with Gasteiger partial charge in [-0.1, -0.05) is 41.5 Å². The van der Waals surface area contributed by atoms with Gasteiger partial charge in [0.05, 0.1) is 0 Å². The van der Waals surface area contributed by atoms with E-state index in [0.29, 0.717) is 6.42 Å². The molecule has 194 valence electrons. The van der Waals surface area contributed by atoms with Gasteiger partial charge < -0.3 is 27.0 Å². The van der Waals surface area contributed by atoms with Crippen LogP contribution in [0.15, 0.2) is 0 Å². The fourth-order valence-electron chi connectivity index (χ4n) is 4.14. The summed E-state index contributed by atoms with van der Waals surface area (Å²) in [5, 5.41) is 10.9. The number of carbonyl (C=O) groups is 5. The average molecular weight is 482 g/mol. The Morgan fingerprint density at radius 2 is 1.53 bits per heavy atom. The van der Waals surface area contributed by atoms with Gasteiger partial charge in [-0.15, -0.1) is 0 Å². The summed E-state index contributed by atoms with van der Waals surface area (Å²) in [6, 6.07) is -2.90. The van der Waals surface area contributed by atoms with Crippen molar-refractivity contribution in [2.45, 2.75) is 105 Å². The second kappa shape index (κ2) is 10.7. The maximum Gasteiger partial charge on any atom is 0.243 e. The largest absolute Gasteiger partial charge is 0.368 e. The monoisotopic (exact) mass is 481 g/mol. The molecule has 0 unspecified atom stereocenters. The van der Waals surface area contributed by atoms with Crippen molar-refractivity contribution in [3.63, 3.8) is 0 Å². The van der Waals surface area contributed by atoms with Crippen molar-refractivity contribution in [1.29, 1.82) is 0 Å². The molecule has 1 heterocycles. The van der Waals surface area contributed by atoms with E-state index in [0.717, 1.165) is 0 Å². The number of nitrogens with one attached hydrogen (secondary N) is 4. The van der Waals surface area contributed by atoms with Crippen LogP contribution in [0.1, 0.15) is 81.6 Å². The lowest BCUT2D eigenvalue weighted by molar-refractivity contribution is -0.135. The average Bonchev–Trinajstić information content (AvgIpc) is 2.87. The number of hydrogen-bond donors (Lipinski definition) is 5. The summed E-state index contributed by atoms with van der Waals surface area (Å²) < 4.78 is 0. The van der Waals surface area contributed by atoms with Crippen molar-refractivity contribution in [1.82, 2.24) is 21.3 Å². The van der Waals surface area contributed by atoms with E-state index >= 15 is 0 Å². The van der Waals surface area contributed by atoms with Gasteiger partial charge in [0.2, 0.25) is 29.5 Å². The molecular weight excluding hydrogens is 438 g/mol. The predicted octanol–water partition coefficient (Wildman–Crippen LogP) is 0.733. The van der Waals surface area contributed by atoms with Crippen LogP contribution in [0.5, 0.6) is 0 Å². The number of carbonyl (C=O) groups excluding carboxylic acids is 5. The highest BCUT2D eigenvalue weighted by atomic mass is 16.2. The van der Waals surface area contributed by atoms with Crippen LogP contribution in [-0.4, -0.2) is 53.2 Å². The van der Waals surface area contributed by atoms with E-state index in [-0.39, 0.29) is 30.1 Å². The van der Waals surface area contributed by atoms with Crippen LogP contribution in [0.3, 0.4) is 0 Å². The Kier molecular flexibility index (Phi) is 9.28. The molecule has 6 N–H and O–H groups in total. The molecule has 1 saturated heterocycles. The zero-order chi connectivity index (χ0) is 26.6.